The second kappa shape index (κ2) is 6.68. The first kappa shape index (κ1) is 17.4. The number of ether oxygens (including phenoxy) is 1. The first-order valence-corrected chi connectivity index (χ1v) is 8.63. The highest BCUT2D eigenvalue weighted by Crippen LogP contribution is 2.25. The third-order valence-electron chi connectivity index (χ3n) is 3.68. The lowest BCUT2D eigenvalue weighted by Gasteiger charge is -2.26. The van der Waals surface area contributed by atoms with Crippen molar-refractivity contribution in [3.63, 3.8) is 0 Å². The van der Waals surface area contributed by atoms with E-state index in [0.717, 1.165) is 0 Å². The Morgan fingerprint density at radius 1 is 1.09 bits per heavy atom. The predicted molar refractivity (Wildman–Crippen MR) is 87.6 cm³/mol. The average Bonchev–Trinajstić information content (AvgIpc) is 2.53. The van der Waals surface area contributed by atoms with Crippen molar-refractivity contribution < 1.29 is 17.5 Å². The predicted octanol–water partition coefficient (Wildman–Crippen LogP) is 3.09. The molecule has 0 amide bonds. The van der Waals surface area contributed by atoms with Gasteiger partial charge in [0.05, 0.1) is 12.0 Å². The number of halogens is 1. The second-order valence-electron chi connectivity index (χ2n) is 5.86. The summed E-state index contributed by atoms with van der Waals surface area (Å²) in [7, 11) is -2.15. The van der Waals surface area contributed by atoms with E-state index in [1.807, 2.05) is 0 Å². The Labute approximate surface area is 136 Å². The largest absolute Gasteiger partial charge is 0.497 e. The van der Waals surface area contributed by atoms with E-state index in [2.05, 4.69) is 4.72 Å². The molecule has 0 aliphatic carbocycles. The molecule has 4 nitrogen and oxygen atoms in total. The van der Waals surface area contributed by atoms with Crippen molar-refractivity contribution in [2.75, 3.05) is 13.7 Å². The molecule has 0 heterocycles. The van der Waals surface area contributed by atoms with Crippen molar-refractivity contribution in [3.05, 3.63) is 59.9 Å². The van der Waals surface area contributed by atoms with Gasteiger partial charge in [0.1, 0.15) is 11.6 Å². The molecule has 0 atom stereocenters. The van der Waals surface area contributed by atoms with E-state index in [9.17, 15) is 12.8 Å². The van der Waals surface area contributed by atoms with Crippen LogP contribution in [0.25, 0.3) is 0 Å². The summed E-state index contributed by atoms with van der Waals surface area (Å²) < 4.78 is 46.2. The number of sulfonamides is 1. The van der Waals surface area contributed by atoms with E-state index in [4.69, 9.17) is 4.74 Å². The van der Waals surface area contributed by atoms with Crippen LogP contribution in [0.5, 0.6) is 5.75 Å². The third kappa shape index (κ3) is 4.09. The molecule has 0 radical (unpaired) electrons. The van der Waals surface area contributed by atoms with E-state index in [0.29, 0.717) is 11.3 Å². The molecule has 1 N–H and O–H groups in total. The van der Waals surface area contributed by atoms with Gasteiger partial charge in [-0.2, -0.15) is 0 Å². The molecule has 6 heteroatoms. The Bertz CT molecular complexity index is 771. The van der Waals surface area contributed by atoms with Crippen LogP contribution < -0.4 is 9.46 Å². The van der Waals surface area contributed by atoms with Crippen molar-refractivity contribution >= 4 is 10.0 Å². The molecule has 0 bridgehead atoms. The minimum absolute atomic E-state index is 0.0856. The van der Waals surface area contributed by atoms with Crippen molar-refractivity contribution in [3.8, 4) is 5.75 Å². The number of hydrogen-bond donors (Lipinski definition) is 1. The van der Waals surface area contributed by atoms with Crippen molar-refractivity contribution in [2.24, 2.45) is 0 Å². The van der Waals surface area contributed by atoms with Crippen LogP contribution in [0.3, 0.4) is 0 Å². The zero-order valence-electron chi connectivity index (χ0n) is 13.3. The van der Waals surface area contributed by atoms with E-state index in [-0.39, 0.29) is 17.3 Å². The van der Waals surface area contributed by atoms with E-state index >= 15 is 0 Å². The van der Waals surface area contributed by atoms with Gasteiger partial charge < -0.3 is 4.74 Å². The molecule has 0 saturated carbocycles. The molecular formula is C17H20FNO3S. The summed E-state index contributed by atoms with van der Waals surface area (Å²) in [4.78, 5) is 0.141. The van der Waals surface area contributed by atoms with Gasteiger partial charge in [-0.05, 0) is 35.9 Å². The highest BCUT2D eigenvalue weighted by atomic mass is 32.2. The molecule has 0 fully saturated rings. The molecule has 23 heavy (non-hydrogen) atoms. The summed E-state index contributed by atoms with van der Waals surface area (Å²) in [5.41, 5.74) is -0.206. The third-order valence-corrected chi connectivity index (χ3v) is 5.09. The molecule has 0 unspecified atom stereocenters. The number of nitrogens with one attached hydrogen (secondary N) is 1. The van der Waals surface area contributed by atoms with Gasteiger partial charge in [-0.25, -0.2) is 17.5 Å². The van der Waals surface area contributed by atoms with Gasteiger partial charge in [0.15, 0.2) is 0 Å². The maximum absolute atomic E-state index is 13.9. The maximum atomic E-state index is 13.9. The first-order valence-electron chi connectivity index (χ1n) is 7.15. The second-order valence-corrected chi connectivity index (χ2v) is 7.63. The molecule has 2 aromatic rings. The van der Waals surface area contributed by atoms with Crippen molar-refractivity contribution in [1.29, 1.82) is 0 Å². The topological polar surface area (TPSA) is 55.4 Å². The monoisotopic (exact) mass is 337 g/mol. The average molecular weight is 337 g/mol. The molecule has 2 aromatic carbocycles. The standard InChI is InChI=1S/C17H20FNO3S/c1-17(2,15-6-4-5-7-16(15)18)12-19-23(20,21)14-10-8-13(22-3)9-11-14/h4-11,19H,12H2,1-3H3. The smallest absolute Gasteiger partial charge is 0.240 e. The number of hydrogen-bond acceptors (Lipinski definition) is 3. The van der Waals surface area contributed by atoms with Crippen LogP contribution in [0.15, 0.2) is 53.4 Å². The Morgan fingerprint density at radius 3 is 2.26 bits per heavy atom. The lowest BCUT2D eigenvalue weighted by atomic mass is 9.84. The highest BCUT2D eigenvalue weighted by Gasteiger charge is 2.26. The van der Waals surface area contributed by atoms with Crippen LogP contribution in [0, 0.1) is 5.82 Å². The molecule has 0 aromatic heterocycles. The summed E-state index contributed by atoms with van der Waals surface area (Å²) in [5.74, 6) is 0.233. The molecule has 0 saturated heterocycles. The summed E-state index contributed by atoms with van der Waals surface area (Å²) >= 11 is 0. The summed E-state index contributed by atoms with van der Waals surface area (Å²) in [6.45, 7) is 3.67. The summed E-state index contributed by atoms with van der Waals surface area (Å²) in [6, 6.07) is 12.5. The number of methoxy groups -OCH3 is 1. The van der Waals surface area contributed by atoms with Gasteiger partial charge in [-0.1, -0.05) is 32.0 Å². The van der Waals surface area contributed by atoms with Crippen LogP contribution in [-0.4, -0.2) is 22.1 Å². The lowest BCUT2D eigenvalue weighted by Crippen LogP contribution is -2.37. The Kier molecular flexibility index (Phi) is 5.06. The van der Waals surface area contributed by atoms with E-state index in [1.54, 1.807) is 44.2 Å². The van der Waals surface area contributed by atoms with Gasteiger partial charge in [0, 0.05) is 12.0 Å². The van der Waals surface area contributed by atoms with Crippen LogP contribution in [0.4, 0.5) is 4.39 Å². The van der Waals surface area contributed by atoms with Gasteiger partial charge in [0.2, 0.25) is 10.0 Å². The minimum atomic E-state index is -3.67. The van der Waals surface area contributed by atoms with Crippen LogP contribution in [0.2, 0.25) is 0 Å². The fourth-order valence-electron chi connectivity index (χ4n) is 2.22. The van der Waals surface area contributed by atoms with Crippen LogP contribution in [-0.2, 0) is 15.4 Å². The minimum Gasteiger partial charge on any atom is -0.497 e. The van der Waals surface area contributed by atoms with Gasteiger partial charge in [-0.15, -0.1) is 0 Å². The van der Waals surface area contributed by atoms with E-state index in [1.165, 1.54) is 25.3 Å². The maximum Gasteiger partial charge on any atom is 0.240 e. The van der Waals surface area contributed by atoms with Crippen molar-refractivity contribution in [2.45, 2.75) is 24.2 Å². The zero-order chi connectivity index (χ0) is 17.1. The van der Waals surface area contributed by atoms with Crippen molar-refractivity contribution in [1.82, 2.24) is 4.72 Å². The lowest BCUT2D eigenvalue weighted by molar-refractivity contribution is 0.414. The number of rotatable bonds is 6. The van der Waals surface area contributed by atoms with Gasteiger partial charge >= 0.3 is 0 Å². The fraction of sp³-hybridized carbons (Fsp3) is 0.294. The van der Waals surface area contributed by atoms with Gasteiger partial charge in [0.25, 0.3) is 0 Å². The molecule has 124 valence electrons. The highest BCUT2D eigenvalue weighted by molar-refractivity contribution is 7.89. The summed E-state index contributed by atoms with van der Waals surface area (Å²) in [6.07, 6.45) is 0. The normalized spacial score (nSPS) is 12.2. The number of benzene rings is 2. The Hall–Kier alpha value is -1.92. The molecule has 0 aliphatic rings. The first-order chi connectivity index (χ1) is 10.8. The molecular weight excluding hydrogens is 317 g/mol. The molecule has 2 rings (SSSR count). The van der Waals surface area contributed by atoms with Crippen LogP contribution >= 0.6 is 0 Å². The summed E-state index contributed by atoms with van der Waals surface area (Å²) in [5, 5.41) is 0. The molecule has 0 aliphatic heterocycles. The Morgan fingerprint density at radius 2 is 1.70 bits per heavy atom. The quantitative estimate of drug-likeness (QED) is 0.881. The Balaban J connectivity index is 2.16. The van der Waals surface area contributed by atoms with E-state index < -0.39 is 15.4 Å². The van der Waals surface area contributed by atoms with Gasteiger partial charge in [-0.3, -0.25) is 0 Å². The zero-order valence-corrected chi connectivity index (χ0v) is 14.2. The SMILES string of the molecule is COc1ccc(S(=O)(=O)NCC(C)(C)c2ccccc2F)cc1. The van der Waals surface area contributed by atoms with Crippen LogP contribution in [0.1, 0.15) is 19.4 Å². The molecule has 0 spiro atoms. The fourth-order valence-corrected chi connectivity index (χ4v) is 3.43.